The molecule has 1 aromatic heterocycles. The topological polar surface area (TPSA) is 100 Å². The molecule has 9 nitrogen and oxygen atoms in total. The van der Waals surface area contributed by atoms with Gasteiger partial charge in [0.15, 0.2) is 5.13 Å². The van der Waals surface area contributed by atoms with Gasteiger partial charge in [0, 0.05) is 31.7 Å². The highest BCUT2D eigenvalue weighted by Gasteiger charge is 2.31. The summed E-state index contributed by atoms with van der Waals surface area (Å²) >= 11 is 1.21. The molecule has 3 aromatic carbocycles. The molecular weight excluding hydrogens is 555 g/mol. The van der Waals surface area contributed by atoms with Gasteiger partial charge in [0.25, 0.3) is 5.91 Å². The Morgan fingerprint density at radius 1 is 1.00 bits per heavy atom. The fourth-order valence-electron chi connectivity index (χ4n) is 4.39. The summed E-state index contributed by atoms with van der Waals surface area (Å²) in [5.74, 6) is -0.752. The number of rotatable bonds is 7. The van der Waals surface area contributed by atoms with Crippen molar-refractivity contribution in [3.8, 4) is 0 Å². The van der Waals surface area contributed by atoms with Gasteiger partial charge in [-0.2, -0.15) is 4.31 Å². The number of amides is 2. The van der Waals surface area contributed by atoms with E-state index in [1.54, 1.807) is 13.0 Å². The number of piperazine rings is 1. The van der Waals surface area contributed by atoms with Gasteiger partial charge in [-0.05, 0) is 55.0 Å². The molecule has 1 aliphatic rings. The van der Waals surface area contributed by atoms with Gasteiger partial charge in [0.05, 0.1) is 28.3 Å². The van der Waals surface area contributed by atoms with E-state index in [1.165, 1.54) is 61.8 Å². The van der Waals surface area contributed by atoms with Crippen LogP contribution in [-0.4, -0.2) is 67.4 Å². The van der Waals surface area contributed by atoms with E-state index in [0.717, 1.165) is 5.56 Å². The van der Waals surface area contributed by atoms with Crippen LogP contribution in [-0.2, 0) is 21.3 Å². The molecule has 40 heavy (non-hydrogen) atoms. The predicted molar refractivity (Wildman–Crippen MR) is 150 cm³/mol. The van der Waals surface area contributed by atoms with Crippen molar-refractivity contribution in [2.45, 2.75) is 18.4 Å². The van der Waals surface area contributed by atoms with Gasteiger partial charge in [0.2, 0.25) is 10.0 Å². The molecule has 0 N–H and O–H groups in total. The maximum Gasteiger partial charge on any atom is 0.409 e. The van der Waals surface area contributed by atoms with E-state index in [2.05, 4.69) is 4.98 Å². The highest BCUT2D eigenvalue weighted by atomic mass is 32.2. The number of sulfonamides is 1. The molecule has 1 aliphatic heterocycles. The Morgan fingerprint density at radius 2 is 1.70 bits per heavy atom. The minimum absolute atomic E-state index is 0.0544. The molecule has 4 aromatic rings. The Bertz CT molecular complexity index is 1620. The molecule has 208 valence electrons. The molecule has 1 fully saturated rings. The van der Waals surface area contributed by atoms with E-state index in [1.807, 2.05) is 30.3 Å². The number of hydrogen-bond acceptors (Lipinski definition) is 7. The summed E-state index contributed by atoms with van der Waals surface area (Å²) in [6.07, 6.45) is -0.458. The zero-order valence-corrected chi connectivity index (χ0v) is 23.3. The van der Waals surface area contributed by atoms with Gasteiger partial charge in [0.1, 0.15) is 5.82 Å². The van der Waals surface area contributed by atoms with Crippen LogP contribution in [0.4, 0.5) is 14.3 Å². The normalized spacial score (nSPS) is 14.3. The van der Waals surface area contributed by atoms with Gasteiger partial charge < -0.3 is 9.64 Å². The number of benzene rings is 3. The number of anilines is 1. The number of carbonyl (C=O) groups is 2. The average Bonchev–Trinajstić information content (AvgIpc) is 3.39. The van der Waals surface area contributed by atoms with E-state index in [0.29, 0.717) is 15.3 Å². The van der Waals surface area contributed by atoms with Crippen LogP contribution in [0.3, 0.4) is 0 Å². The van der Waals surface area contributed by atoms with Crippen LogP contribution < -0.4 is 4.90 Å². The van der Waals surface area contributed by atoms with E-state index in [9.17, 15) is 22.4 Å². The molecule has 2 amide bonds. The summed E-state index contributed by atoms with van der Waals surface area (Å²) in [7, 11) is -3.82. The number of ether oxygens (including phenoxy) is 1. The maximum atomic E-state index is 13.8. The second-order valence-corrected chi connectivity index (χ2v) is 12.0. The predicted octanol–water partition coefficient (Wildman–Crippen LogP) is 4.75. The molecule has 0 spiro atoms. The number of aromatic nitrogens is 1. The van der Waals surface area contributed by atoms with Crippen molar-refractivity contribution < 1.29 is 27.1 Å². The summed E-state index contributed by atoms with van der Waals surface area (Å²) in [4.78, 5) is 33.3. The highest BCUT2D eigenvalue weighted by Crippen LogP contribution is 2.31. The van der Waals surface area contributed by atoms with Crippen molar-refractivity contribution in [3.63, 3.8) is 0 Å². The van der Waals surface area contributed by atoms with Crippen LogP contribution in [0.15, 0.2) is 77.7 Å². The molecule has 1 saturated heterocycles. The molecule has 12 heteroatoms. The first-order valence-electron chi connectivity index (χ1n) is 12.7. The second-order valence-electron chi connectivity index (χ2n) is 9.10. The molecule has 2 heterocycles. The van der Waals surface area contributed by atoms with Crippen molar-refractivity contribution in [1.82, 2.24) is 14.2 Å². The molecule has 0 atom stereocenters. The van der Waals surface area contributed by atoms with Crippen molar-refractivity contribution in [2.75, 3.05) is 37.7 Å². The number of halogens is 1. The van der Waals surface area contributed by atoms with Crippen LogP contribution >= 0.6 is 11.3 Å². The van der Waals surface area contributed by atoms with E-state index in [4.69, 9.17) is 4.74 Å². The van der Waals surface area contributed by atoms with Gasteiger partial charge in [-0.3, -0.25) is 9.69 Å². The molecule has 5 rings (SSSR count). The Kier molecular flexibility index (Phi) is 8.10. The van der Waals surface area contributed by atoms with Crippen LogP contribution in [0, 0.1) is 5.82 Å². The Balaban J connectivity index is 1.37. The fraction of sp³-hybridized carbons (Fsp3) is 0.250. The van der Waals surface area contributed by atoms with Crippen LogP contribution in [0.2, 0.25) is 0 Å². The fourth-order valence-corrected chi connectivity index (χ4v) is 6.80. The van der Waals surface area contributed by atoms with Crippen LogP contribution in [0.5, 0.6) is 0 Å². The van der Waals surface area contributed by atoms with Crippen molar-refractivity contribution in [3.05, 3.63) is 89.7 Å². The zero-order chi connectivity index (χ0) is 28.3. The van der Waals surface area contributed by atoms with E-state index < -0.39 is 16.1 Å². The third-order valence-corrected chi connectivity index (χ3v) is 9.46. The summed E-state index contributed by atoms with van der Waals surface area (Å²) in [6.45, 7) is 2.95. The Hall–Kier alpha value is -3.87. The van der Waals surface area contributed by atoms with Crippen molar-refractivity contribution >= 4 is 48.7 Å². The second kappa shape index (κ2) is 11.7. The summed E-state index contributed by atoms with van der Waals surface area (Å²) in [5.41, 5.74) is 1.74. The minimum Gasteiger partial charge on any atom is -0.450 e. The lowest BCUT2D eigenvalue weighted by molar-refractivity contribution is 0.0933. The molecule has 0 radical (unpaired) electrons. The van der Waals surface area contributed by atoms with Gasteiger partial charge in [-0.25, -0.2) is 22.6 Å². The van der Waals surface area contributed by atoms with Gasteiger partial charge in [-0.15, -0.1) is 0 Å². The van der Waals surface area contributed by atoms with Crippen LogP contribution in [0.1, 0.15) is 22.8 Å². The molecule has 0 aliphatic carbocycles. The van der Waals surface area contributed by atoms with Crippen molar-refractivity contribution in [1.29, 1.82) is 0 Å². The van der Waals surface area contributed by atoms with Crippen molar-refractivity contribution in [2.24, 2.45) is 0 Å². The average molecular weight is 583 g/mol. The lowest BCUT2D eigenvalue weighted by Crippen LogP contribution is -2.50. The van der Waals surface area contributed by atoms with Gasteiger partial charge in [-0.1, -0.05) is 41.7 Å². The first-order chi connectivity index (χ1) is 19.3. The van der Waals surface area contributed by atoms with Crippen LogP contribution in [0.25, 0.3) is 10.2 Å². The quantitative estimate of drug-likeness (QED) is 0.312. The van der Waals surface area contributed by atoms with E-state index in [-0.39, 0.29) is 61.5 Å². The maximum absolute atomic E-state index is 13.8. The molecule has 0 bridgehead atoms. The Morgan fingerprint density at radius 3 is 2.38 bits per heavy atom. The smallest absolute Gasteiger partial charge is 0.409 e. The lowest BCUT2D eigenvalue weighted by Gasteiger charge is -2.33. The van der Waals surface area contributed by atoms with Gasteiger partial charge >= 0.3 is 6.09 Å². The first kappa shape index (κ1) is 27.7. The highest BCUT2D eigenvalue weighted by molar-refractivity contribution is 7.89. The molecule has 0 saturated carbocycles. The number of fused-ring (bicyclic) bond motifs is 1. The Labute approximate surface area is 235 Å². The summed E-state index contributed by atoms with van der Waals surface area (Å²) in [5, 5.41) is 0.408. The molecular formula is C28H27FN4O5S2. The largest absolute Gasteiger partial charge is 0.450 e. The third-order valence-electron chi connectivity index (χ3n) is 6.50. The van der Waals surface area contributed by atoms with E-state index >= 15 is 0 Å². The molecule has 0 unspecified atom stereocenters. The lowest BCUT2D eigenvalue weighted by atomic mass is 10.1. The minimum atomic E-state index is -3.82. The standard InChI is InChI=1S/C28H27FN4O5S2/c1-2-38-28(35)31-14-16-32(17-15-31)40(36,37)23-11-8-21(9-12-23)26(34)33(19-20-6-4-3-5-7-20)27-30-24-13-10-22(29)18-25(24)39-27/h3-13,18H,2,14-17,19H2,1H3. The monoisotopic (exact) mass is 582 g/mol. The number of thiazole rings is 1. The summed E-state index contributed by atoms with van der Waals surface area (Å²) in [6, 6.07) is 19.5. The number of hydrogen-bond donors (Lipinski definition) is 0. The SMILES string of the molecule is CCOC(=O)N1CCN(S(=O)(=O)c2ccc(C(=O)N(Cc3ccccc3)c3nc4ccc(F)cc4s3)cc2)CC1. The number of nitrogens with zero attached hydrogens (tertiary/aromatic N) is 4. The zero-order valence-electron chi connectivity index (χ0n) is 21.7. The number of carbonyl (C=O) groups excluding carboxylic acids is 2. The third kappa shape index (κ3) is 5.83. The first-order valence-corrected chi connectivity index (χ1v) is 15.0. The summed E-state index contributed by atoms with van der Waals surface area (Å²) < 4.78 is 47.2.